The van der Waals surface area contributed by atoms with Crippen LogP contribution in [0.4, 0.5) is 0 Å². The molecular formula is C17H28N4O. The van der Waals surface area contributed by atoms with Gasteiger partial charge in [-0.1, -0.05) is 0 Å². The van der Waals surface area contributed by atoms with Crippen molar-refractivity contribution in [2.24, 2.45) is 0 Å². The average molecular weight is 304 g/mol. The molecule has 3 heterocycles. The number of hydrogen-bond donors (Lipinski definition) is 1. The molecule has 3 fully saturated rings. The van der Waals surface area contributed by atoms with Crippen molar-refractivity contribution in [3.63, 3.8) is 0 Å². The van der Waals surface area contributed by atoms with Gasteiger partial charge in [-0.05, 0) is 45.6 Å². The number of nitrogens with one attached hydrogen (secondary N) is 1. The topological polar surface area (TPSA) is 42.3 Å². The van der Waals surface area contributed by atoms with Crippen molar-refractivity contribution in [3.05, 3.63) is 18.2 Å². The highest BCUT2D eigenvalue weighted by Gasteiger charge is 2.41. The second-order valence-electron chi connectivity index (χ2n) is 7.37. The summed E-state index contributed by atoms with van der Waals surface area (Å²) in [6.45, 7) is 7.37. The van der Waals surface area contributed by atoms with E-state index in [9.17, 15) is 0 Å². The third-order valence-corrected chi connectivity index (χ3v) is 5.88. The van der Waals surface area contributed by atoms with E-state index in [-0.39, 0.29) is 0 Å². The molecule has 0 bridgehead atoms. The number of morpholine rings is 1. The van der Waals surface area contributed by atoms with E-state index in [0.29, 0.717) is 17.7 Å². The first kappa shape index (κ1) is 14.7. The Bertz CT molecular complexity index is 501. The van der Waals surface area contributed by atoms with Crippen molar-refractivity contribution in [2.75, 3.05) is 26.2 Å². The van der Waals surface area contributed by atoms with Gasteiger partial charge in [0, 0.05) is 43.6 Å². The largest absolute Gasteiger partial charge is 0.374 e. The SMILES string of the molecule is Cc1nccn1CC1CCCN1CC1CNC2(CCC2)CO1. The van der Waals surface area contributed by atoms with Gasteiger partial charge in [-0.3, -0.25) is 4.90 Å². The molecule has 5 nitrogen and oxygen atoms in total. The minimum Gasteiger partial charge on any atom is -0.374 e. The molecule has 2 saturated heterocycles. The zero-order valence-electron chi connectivity index (χ0n) is 13.6. The molecule has 1 N–H and O–H groups in total. The lowest BCUT2D eigenvalue weighted by molar-refractivity contribution is -0.0720. The van der Waals surface area contributed by atoms with Crippen molar-refractivity contribution in [1.82, 2.24) is 19.8 Å². The Hall–Kier alpha value is -0.910. The van der Waals surface area contributed by atoms with Crippen LogP contribution in [-0.4, -0.2) is 58.4 Å². The average Bonchev–Trinajstić information content (AvgIpc) is 3.09. The molecule has 2 aliphatic heterocycles. The molecule has 1 saturated carbocycles. The van der Waals surface area contributed by atoms with Crippen molar-refractivity contribution in [3.8, 4) is 0 Å². The third kappa shape index (κ3) is 2.82. The van der Waals surface area contributed by atoms with E-state index in [1.54, 1.807) is 0 Å². The molecule has 5 heteroatoms. The Morgan fingerprint density at radius 3 is 2.91 bits per heavy atom. The van der Waals surface area contributed by atoms with Crippen LogP contribution in [0.3, 0.4) is 0 Å². The highest BCUT2D eigenvalue weighted by atomic mass is 16.5. The second kappa shape index (κ2) is 5.95. The zero-order valence-corrected chi connectivity index (χ0v) is 13.6. The van der Waals surface area contributed by atoms with Gasteiger partial charge in [-0.25, -0.2) is 4.98 Å². The third-order valence-electron chi connectivity index (χ3n) is 5.88. The Balaban J connectivity index is 1.31. The van der Waals surface area contributed by atoms with Gasteiger partial charge in [-0.15, -0.1) is 0 Å². The summed E-state index contributed by atoms with van der Waals surface area (Å²) in [5.41, 5.74) is 0.342. The zero-order chi connectivity index (χ0) is 15.0. The van der Waals surface area contributed by atoms with Crippen LogP contribution in [-0.2, 0) is 11.3 Å². The van der Waals surface area contributed by atoms with Gasteiger partial charge in [0.05, 0.1) is 12.7 Å². The van der Waals surface area contributed by atoms with Crippen molar-refractivity contribution >= 4 is 0 Å². The summed E-state index contributed by atoms with van der Waals surface area (Å²) < 4.78 is 8.47. The van der Waals surface area contributed by atoms with E-state index in [1.807, 2.05) is 6.20 Å². The molecule has 0 amide bonds. The predicted molar refractivity (Wildman–Crippen MR) is 85.9 cm³/mol. The Kier molecular flexibility index (Phi) is 3.96. The van der Waals surface area contributed by atoms with Gasteiger partial charge >= 0.3 is 0 Å². The molecular weight excluding hydrogens is 276 g/mol. The van der Waals surface area contributed by atoms with E-state index >= 15 is 0 Å². The Labute approximate surface area is 133 Å². The van der Waals surface area contributed by atoms with Crippen LogP contribution in [0.5, 0.6) is 0 Å². The lowest BCUT2D eigenvalue weighted by atomic mass is 9.76. The normalized spacial score (nSPS) is 31.5. The summed E-state index contributed by atoms with van der Waals surface area (Å²) in [5, 5.41) is 3.76. The van der Waals surface area contributed by atoms with E-state index in [4.69, 9.17) is 4.74 Å². The van der Waals surface area contributed by atoms with Crippen LogP contribution >= 0.6 is 0 Å². The van der Waals surface area contributed by atoms with Crippen LogP contribution < -0.4 is 5.32 Å². The minimum absolute atomic E-state index is 0.342. The standard InChI is InChI=1S/C17H28N4O/c1-14-18-7-9-20(14)11-15-4-2-8-21(15)12-16-10-19-17(13-22-16)5-3-6-17/h7,9,15-16,19H,2-6,8,10-13H2,1H3. The number of imidazole rings is 1. The van der Waals surface area contributed by atoms with Crippen molar-refractivity contribution in [1.29, 1.82) is 0 Å². The molecule has 2 unspecified atom stereocenters. The summed E-state index contributed by atoms with van der Waals surface area (Å²) in [6.07, 6.45) is 10.9. The van der Waals surface area contributed by atoms with Crippen LogP contribution in [0.1, 0.15) is 37.9 Å². The molecule has 122 valence electrons. The van der Waals surface area contributed by atoms with Gasteiger partial charge in [0.25, 0.3) is 0 Å². The summed E-state index contributed by atoms with van der Waals surface area (Å²) in [7, 11) is 0. The van der Waals surface area contributed by atoms with Gasteiger partial charge in [0.2, 0.25) is 0 Å². The number of likely N-dealkylation sites (tertiary alicyclic amines) is 1. The number of aromatic nitrogens is 2. The van der Waals surface area contributed by atoms with Gasteiger partial charge < -0.3 is 14.6 Å². The molecule has 1 aromatic heterocycles. The molecule has 1 aliphatic carbocycles. The molecule has 2 atom stereocenters. The molecule has 1 spiro atoms. The highest BCUT2D eigenvalue weighted by Crippen LogP contribution is 2.34. The van der Waals surface area contributed by atoms with Crippen molar-refractivity contribution in [2.45, 2.75) is 63.3 Å². The number of hydrogen-bond acceptors (Lipinski definition) is 4. The molecule has 3 aliphatic rings. The van der Waals surface area contributed by atoms with E-state index in [2.05, 4.69) is 32.9 Å². The Morgan fingerprint density at radius 1 is 1.36 bits per heavy atom. The Morgan fingerprint density at radius 2 is 2.27 bits per heavy atom. The summed E-state index contributed by atoms with van der Waals surface area (Å²) in [6, 6.07) is 0.635. The second-order valence-corrected chi connectivity index (χ2v) is 7.37. The molecule has 0 aromatic carbocycles. The van der Waals surface area contributed by atoms with E-state index in [0.717, 1.165) is 32.1 Å². The maximum Gasteiger partial charge on any atom is 0.105 e. The fourth-order valence-corrected chi connectivity index (χ4v) is 4.19. The predicted octanol–water partition coefficient (Wildman–Crippen LogP) is 1.57. The quantitative estimate of drug-likeness (QED) is 0.917. The lowest BCUT2D eigenvalue weighted by Gasteiger charge is -2.48. The first-order valence-corrected chi connectivity index (χ1v) is 8.83. The van der Waals surface area contributed by atoms with Crippen LogP contribution in [0.25, 0.3) is 0 Å². The molecule has 22 heavy (non-hydrogen) atoms. The fraction of sp³-hybridized carbons (Fsp3) is 0.824. The molecule has 0 radical (unpaired) electrons. The van der Waals surface area contributed by atoms with Crippen LogP contribution in [0, 0.1) is 6.92 Å². The monoisotopic (exact) mass is 304 g/mol. The fourth-order valence-electron chi connectivity index (χ4n) is 4.19. The molecule has 1 aromatic rings. The smallest absolute Gasteiger partial charge is 0.105 e. The highest BCUT2D eigenvalue weighted by molar-refractivity contribution is 4.99. The van der Waals surface area contributed by atoms with E-state index < -0.39 is 0 Å². The summed E-state index contributed by atoms with van der Waals surface area (Å²) >= 11 is 0. The maximum absolute atomic E-state index is 6.18. The van der Waals surface area contributed by atoms with E-state index in [1.165, 1.54) is 38.6 Å². The maximum atomic E-state index is 6.18. The summed E-state index contributed by atoms with van der Waals surface area (Å²) in [4.78, 5) is 6.97. The van der Waals surface area contributed by atoms with Gasteiger partial charge in [0.1, 0.15) is 5.82 Å². The minimum atomic E-state index is 0.342. The van der Waals surface area contributed by atoms with Crippen molar-refractivity contribution < 1.29 is 4.74 Å². The summed E-state index contributed by atoms with van der Waals surface area (Å²) in [5.74, 6) is 1.12. The lowest BCUT2D eigenvalue weighted by Crippen LogP contribution is -2.62. The van der Waals surface area contributed by atoms with Crippen LogP contribution in [0.2, 0.25) is 0 Å². The number of rotatable bonds is 4. The number of aryl methyl sites for hydroxylation is 1. The van der Waals surface area contributed by atoms with Gasteiger partial charge in [-0.2, -0.15) is 0 Å². The first-order valence-electron chi connectivity index (χ1n) is 8.83. The molecule has 4 rings (SSSR count). The van der Waals surface area contributed by atoms with Gasteiger partial charge in [0.15, 0.2) is 0 Å². The number of nitrogens with zero attached hydrogens (tertiary/aromatic N) is 3. The van der Waals surface area contributed by atoms with Crippen LogP contribution in [0.15, 0.2) is 12.4 Å². The first-order chi connectivity index (χ1) is 10.7. The number of ether oxygens (including phenoxy) is 1.